The molecule has 3 nitrogen and oxygen atoms in total. The van der Waals surface area contributed by atoms with Gasteiger partial charge in [-0.15, -0.1) is 0 Å². The van der Waals surface area contributed by atoms with E-state index in [1.165, 1.54) is 18.2 Å². The largest absolute Gasteiger partial charge is 0.478 e. The summed E-state index contributed by atoms with van der Waals surface area (Å²) in [6.45, 7) is 1.87. The highest BCUT2D eigenvalue weighted by Gasteiger charge is 2.36. The molecule has 1 N–H and O–H groups in total. The SMILES string of the molecule is O=C(O)c1ccc2c(c1)CCCC(c1cccc(C(F)(F)F)c1F)=C2c1ccc(CC2CN(CCC(F)F)C2)cc1. The molecule has 0 aromatic heterocycles. The standard InChI is InChI=1S/C32H29F6NO2/c33-28(34)13-14-39-17-20(18-39)15-19-7-9-21(10-8-19)29-24-12-11-23(31(40)41)16-22(24)3-1-4-25(29)26-5-2-6-27(30(26)35)32(36,37)38/h2,5-12,16,20,28H,1,3-4,13-15,17-18H2,(H,40,41). The van der Waals surface area contributed by atoms with Crippen molar-refractivity contribution in [2.45, 2.75) is 44.7 Å². The number of allylic oxidation sites excluding steroid dienone is 1. The van der Waals surface area contributed by atoms with Crippen molar-refractivity contribution in [2.75, 3.05) is 19.6 Å². The molecule has 5 rings (SSSR count). The summed E-state index contributed by atoms with van der Waals surface area (Å²) >= 11 is 0. The molecule has 1 aliphatic carbocycles. The molecular weight excluding hydrogens is 544 g/mol. The van der Waals surface area contributed by atoms with Crippen LogP contribution in [0.25, 0.3) is 11.1 Å². The van der Waals surface area contributed by atoms with Gasteiger partial charge in [0.25, 0.3) is 0 Å². The molecule has 0 unspecified atom stereocenters. The van der Waals surface area contributed by atoms with Crippen molar-refractivity contribution in [1.29, 1.82) is 0 Å². The zero-order valence-corrected chi connectivity index (χ0v) is 22.2. The number of aryl methyl sites for hydroxylation is 1. The second kappa shape index (κ2) is 11.7. The number of fused-ring (bicyclic) bond motifs is 1. The minimum absolute atomic E-state index is 0.107. The minimum Gasteiger partial charge on any atom is -0.478 e. The van der Waals surface area contributed by atoms with Crippen molar-refractivity contribution < 1.29 is 36.2 Å². The summed E-state index contributed by atoms with van der Waals surface area (Å²) < 4.78 is 81.1. The van der Waals surface area contributed by atoms with Crippen LogP contribution in [0.5, 0.6) is 0 Å². The highest BCUT2D eigenvalue weighted by atomic mass is 19.4. The number of alkyl halides is 5. The van der Waals surface area contributed by atoms with Crippen molar-refractivity contribution in [3.8, 4) is 0 Å². The molecule has 0 atom stereocenters. The zero-order chi connectivity index (χ0) is 29.3. The first-order valence-corrected chi connectivity index (χ1v) is 13.6. The lowest BCUT2D eigenvalue weighted by atomic mass is 9.85. The van der Waals surface area contributed by atoms with Crippen LogP contribution < -0.4 is 0 Å². The molecule has 1 aliphatic heterocycles. The Labute approximate surface area is 234 Å². The first-order chi connectivity index (χ1) is 19.5. The summed E-state index contributed by atoms with van der Waals surface area (Å²) in [6.07, 6.45) is -5.23. The summed E-state index contributed by atoms with van der Waals surface area (Å²) in [4.78, 5) is 13.6. The Bertz CT molecular complexity index is 1460. The predicted molar refractivity (Wildman–Crippen MR) is 144 cm³/mol. The van der Waals surface area contributed by atoms with Gasteiger partial charge in [-0.25, -0.2) is 18.0 Å². The fraction of sp³-hybridized carbons (Fsp3) is 0.344. The fourth-order valence-corrected chi connectivity index (χ4v) is 5.91. The van der Waals surface area contributed by atoms with Gasteiger partial charge in [0.15, 0.2) is 0 Å². The smallest absolute Gasteiger partial charge is 0.419 e. The Hall–Kier alpha value is -3.59. The van der Waals surface area contributed by atoms with Crippen LogP contribution in [-0.2, 0) is 19.0 Å². The van der Waals surface area contributed by atoms with Gasteiger partial charge >= 0.3 is 12.1 Å². The molecule has 0 amide bonds. The third-order valence-electron chi connectivity index (χ3n) is 7.89. The van der Waals surface area contributed by atoms with Crippen molar-refractivity contribution in [3.05, 3.63) is 105 Å². The molecule has 3 aromatic rings. The number of hydrogen-bond donors (Lipinski definition) is 1. The van der Waals surface area contributed by atoms with E-state index in [1.807, 2.05) is 29.2 Å². The van der Waals surface area contributed by atoms with Gasteiger partial charge in [0.2, 0.25) is 6.43 Å². The number of aromatic carboxylic acids is 1. The molecule has 41 heavy (non-hydrogen) atoms. The number of halogens is 6. The average Bonchev–Trinajstić information content (AvgIpc) is 3.08. The van der Waals surface area contributed by atoms with Crippen molar-refractivity contribution in [3.63, 3.8) is 0 Å². The van der Waals surface area contributed by atoms with Crippen molar-refractivity contribution >= 4 is 17.1 Å². The van der Waals surface area contributed by atoms with E-state index in [0.717, 1.165) is 36.7 Å². The number of carbonyl (C=O) groups is 1. The van der Waals surface area contributed by atoms with Gasteiger partial charge in [-0.05, 0) is 83.2 Å². The molecule has 0 radical (unpaired) electrons. The van der Waals surface area contributed by atoms with Crippen LogP contribution in [-0.4, -0.2) is 42.0 Å². The molecule has 1 saturated heterocycles. The van der Waals surface area contributed by atoms with E-state index in [-0.39, 0.29) is 17.5 Å². The third kappa shape index (κ3) is 6.35. The molecular formula is C32H29F6NO2. The number of rotatable bonds is 8. The van der Waals surface area contributed by atoms with Gasteiger partial charge in [0.1, 0.15) is 5.82 Å². The Balaban J connectivity index is 1.52. The van der Waals surface area contributed by atoms with Gasteiger partial charge in [-0.3, -0.25) is 0 Å². The van der Waals surface area contributed by atoms with E-state index < -0.39 is 30.0 Å². The molecule has 9 heteroatoms. The Morgan fingerprint density at radius 2 is 1.71 bits per heavy atom. The second-order valence-corrected chi connectivity index (χ2v) is 10.8. The normalized spacial score (nSPS) is 16.5. The number of hydrogen-bond acceptors (Lipinski definition) is 2. The maximum absolute atomic E-state index is 15.4. The summed E-state index contributed by atoms with van der Waals surface area (Å²) in [6, 6.07) is 15.6. The van der Waals surface area contributed by atoms with Gasteiger partial charge in [-0.2, -0.15) is 13.2 Å². The van der Waals surface area contributed by atoms with Crippen LogP contribution in [0, 0.1) is 11.7 Å². The molecule has 2 aliphatic rings. The summed E-state index contributed by atoms with van der Waals surface area (Å²) in [5, 5.41) is 9.51. The number of benzene rings is 3. The van der Waals surface area contributed by atoms with E-state index in [9.17, 15) is 31.9 Å². The van der Waals surface area contributed by atoms with Gasteiger partial charge < -0.3 is 10.0 Å². The van der Waals surface area contributed by atoms with Crippen molar-refractivity contribution in [2.24, 2.45) is 5.92 Å². The van der Waals surface area contributed by atoms with Crippen LogP contribution >= 0.6 is 0 Å². The number of carboxylic acid groups (broad SMARTS) is 1. The van der Waals surface area contributed by atoms with Crippen LogP contribution in [0.4, 0.5) is 26.3 Å². The molecule has 0 spiro atoms. The number of nitrogens with zero attached hydrogens (tertiary/aromatic N) is 1. The van der Waals surface area contributed by atoms with Gasteiger partial charge in [0.05, 0.1) is 11.1 Å². The van der Waals surface area contributed by atoms with Crippen LogP contribution in [0.1, 0.15) is 63.0 Å². The summed E-state index contributed by atoms with van der Waals surface area (Å²) in [5.41, 5.74) is 2.82. The van der Waals surface area contributed by atoms with E-state index in [2.05, 4.69) is 0 Å². The topological polar surface area (TPSA) is 40.5 Å². The lowest BCUT2D eigenvalue weighted by Gasteiger charge is -2.39. The monoisotopic (exact) mass is 573 g/mol. The number of carboxylic acids is 1. The summed E-state index contributed by atoms with van der Waals surface area (Å²) in [5.74, 6) is -2.06. The molecule has 1 fully saturated rings. The highest BCUT2D eigenvalue weighted by Crippen LogP contribution is 2.43. The molecule has 216 valence electrons. The third-order valence-corrected chi connectivity index (χ3v) is 7.89. The van der Waals surface area contributed by atoms with Crippen LogP contribution in [0.2, 0.25) is 0 Å². The Morgan fingerprint density at radius 3 is 2.37 bits per heavy atom. The Kier molecular flexibility index (Phi) is 8.27. The maximum atomic E-state index is 15.4. The van der Waals surface area contributed by atoms with E-state index in [4.69, 9.17) is 0 Å². The lowest BCUT2D eigenvalue weighted by Crippen LogP contribution is -2.48. The van der Waals surface area contributed by atoms with Crippen LogP contribution in [0.15, 0.2) is 60.7 Å². The number of likely N-dealkylation sites (tertiary alicyclic amines) is 1. The quantitative estimate of drug-likeness (QED) is 0.278. The predicted octanol–water partition coefficient (Wildman–Crippen LogP) is 7.97. The molecule has 1 heterocycles. The maximum Gasteiger partial charge on any atom is 0.419 e. The van der Waals surface area contributed by atoms with Crippen LogP contribution in [0.3, 0.4) is 0 Å². The van der Waals surface area contributed by atoms with E-state index in [0.29, 0.717) is 54.0 Å². The second-order valence-electron chi connectivity index (χ2n) is 10.8. The van der Waals surface area contributed by atoms with Crippen molar-refractivity contribution in [1.82, 2.24) is 4.90 Å². The first-order valence-electron chi connectivity index (χ1n) is 13.6. The van der Waals surface area contributed by atoms with E-state index in [1.54, 1.807) is 12.1 Å². The molecule has 0 saturated carbocycles. The molecule has 3 aromatic carbocycles. The van der Waals surface area contributed by atoms with Gasteiger partial charge in [0, 0.05) is 31.6 Å². The average molecular weight is 574 g/mol. The zero-order valence-electron chi connectivity index (χ0n) is 22.2. The first kappa shape index (κ1) is 28.9. The highest BCUT2D eigenvalue weighted by molar-refractivity contribution is 6.00. The fourth-order valence-electron chi connectivity index (χ4n) is 5.91. The van der Waals surface area contributed by atoms with E-state index >= 15 is 4.39 Å². The Morgan fingerprint density at radius 1 is 0.976 bits per heavy atom. The molecule has 0 bridgehead atoms. The minimum atomic E-state index is -4.85. The summed E-state index contributed by atoms with van der Waals surface area (Å²) in [7, 11) is 0. The van der Waals surface area contributed by atoms with Gasteiger partial charge in [-0.1, -0.05) is 42.5 Å². The lowest BCUT2D eigenvalue weighted by molar-refractivity contribution is -0.140.